The summed E-state index contributed by atoms with van der Waals surface area (Å²) in [6.07, 6.45) is 4.53. The minimum Gasteiger partial charge on any atom is -0.497 e. The molecule has 2 aromatic rings. The van der Waals surface area contributed by atoms with E-state index in [-0.39, 0.29) is 17.9 Å². The Labute approximate surface area is 157 Å². The van der Waals surface area contributed by atoms with Crippen molar-refractivity contribution in [2.24, 2.45) is 5.92 Å². The van der Waals surface area contributed by atoms with Crippen molar-refractivity contribution in [1.82, 2.24) is 10.3 Å². The molecular weight excluding hydrogens is 350 g/mol. The highest BCUT2D eigenvalue weighted by Crippen LogP contribution is 2.24. The van der Waals surface area contributed by atoms with Crippen LogP contribution < -0.4 is 15.4 Å². The fourth-order valence-electron chi connectivity index (χ4n) is 3.12. The number of thiazole rings is 1. The number of carbonyl (C=O) groups is 2. The molecule has 1 fully saturated rings. The number of amides is 2. The van der Waals surface area contributed by atoms with E-state index >= 15 is 0 Å². The molecule has 0 saturated heterocycles. The largest absolute Gasteiger partial charge is 0.497 e. The fraction of sp³-hybridized carbons (Fsp3) is 0.421. The van der Waals surface area contributed by atoms with Crippen LogP contribution in [0.1, 0.15) is 53.5 Å². The second kappa shape index (κ2) is 8.31. The van der Waals surface area contributed by atoms with Gasteiger partial charge in [-0.25, -0.2) is 4.98 Å². The molecule has 2 amide bonds. The lowest BCUT2D eigenvalue weighted by Crippen LogP contribution is -2.41. The van der Waals surface area contributed by atoms with E-state index in [9.17, 15) is 9.59 Å². The molecule has 2 atom stereocenters. The van der Waals surface area contributed by atoms with Crippen LogP contribution in [0.3, 0.4) is 0 Å². The first kappa shape index (κ1) is 18.4. The Bertz CT molecular complexity index is 773. The van der Waals surface area contributed by atoms with E-state index in [1.807, 2.05) is 0 Å². The van der Waals surface area contributed by atoms with Crippen LogP contribution in [-0.2, 0) is 0 Å². The van der Waals surface area contributed by atoms with Crippen LogP contribution in [0.15, 0.2) is 29.6 Å². The summed E-state index contributed by atoms with van der Waals surface area (Å²) in [7, 11) is 1.57. The van der Waals surface area contributed by atoms with Crippen molar-refractivity contribution < 1.29 is 14.3 Å². The molecule has 1 aromatic carbocycles. The molecule has 1 saturated carbocycles. The summed E-state index contributed by atoms with van der Waals surface area (Å²) in [5, 5.41) is 7.89. The summed E-state index contributed by atoms with van der Waals surface area (Å²) in [4.78, 5) is 28.9. The van der Waals surface area contributed by atoms with Crippen LogP contribution in [0, 0.1) is 5.92 Å². The molecule has 1 heterocycles. The lowest BCUT2D eigenvalue weighted by molar-refractivity contribution is 0.0905. The molecule has 2 N–H and O–H groups in total. The minimum absolute atomic E-state index is 0.176. The minimum atomic E-state index is -0.269. The number of rotatable bonds is 5. The van der Waals surface area contributed by atoms with Gasteiger partial charge in [0.15, 0.2) is 5.13 Å². The van der Waals surface area contributed by atoms with Gasteiger partial charge in [-0.2, -0.15) is 0 Å². The molecule has 1 aliphatic carbocycles. The molecule has 2 unspecified atom stereocenters. The van der Waals surface area contributed by atoms with Crippen molar-refractivity contribution in [3.05, 3.63) is 40.9 Å². The second-order valence-corrected chi connectivity index (χ2v) is 7.42. The summed E-state index contributed by atoms with van der Waals surface area (Å²) >= 11 is 1.24. The fourth-order valence-corrected chi connectivity index (χ4v) is 3.81. The number of nitrogens with zero attached hydrogens (tertiary/aromatic N) is 1. The van der Waals surface area contributed by atoms with Crippen molar-refractivity contribution in [2.45, 2.75) is 38.6 Å². The Morgan fingerprint density at radius 1 is 1.15 bits per heavy atom. The first-order valence-corrected chi connectivity index (χ1v) is 9.66. The van der Waals surface area contributed by atoms with Crippen molar-refractivity contribution in [1.29, 1.82) is 0 Å². The number of ether oxygens (including phenoxy) is 1. The lowest BCUT2D eigenvalue weighted by Gasteiger charge is -2.29. The van der Waals surface area contributed by atoms with Gasteiger partial charge in [-0.3, -0.25) is 14.9 Å². The molecule has 7 heteroatoms. The summed E-state index contributed by atoms with van der Waals surface area (Å²) in [5.41, 5.74) is 0.848. The van der Waals surface area contributed by atoms with Crippen molar-refractivity contribution in [3.63, 3.8) is 0 Å². The zero-order valence-electron chi connectivity index (χ0n) is 15.0. The molecule has 0 spiro atoms. The molecule has 26 heavy (non-hydrogen) atoms. The first-order chi connectivity index (χ1) is 12.6. The van der Waals surface area contributed by atoms with E-state index in [0.29, 0.717) is 28.1 Å². The quantitative estimate of drug-likeness (QED) is 0.837. The van der Waals surface area contributed by atoms with E-state index in [2.05, 4.69) is 22.5 Å². The van der Waals surface area contributed by atoms with Gasteiger partial charge in [-0.15, -0.1) is 11.3 Å². The van der Waals surface area contributed by atoms with Gasteiger partial charge >= 0.3 is 0 Å². The van der Waals surface area contributed by atoms with E-state index in [1.54, 1.807) is 36.8 Å². The van der Waals surface area contributed by atoms with Gasteiger partial charge in [-0.05, 0) is 43.0 Å². The zero-order chi connectivity index (χ0) is 18.5. The third-order valence-electron chi connectivity index (χ3n) is 4.74. The topological polar surface area (TPSA) is 80.3 Å². The number of benzene rings is 1. The predicted molar refractivity (Wildman–Crippen MR) is 102 cm³/mol. The predicted octanol–water partition coefficient (Wildman–Crippen LogP) is 3.71. The van der Waals surface area contributed by atoms with Crippen molar-refractivity contribution >= 4 is 28.3 Å². The molecular formula is C19H23N3O3S. The van der Waals surface area contributed by atoms with Crippen LogP contribution in [0.25, 0.3) is 0 Å². The molecule has 1 aromatic heterocycles. The third-order valence-corrected chi connectivity index (χ3v) is 5.50. The maximum Gasteiger partial charge on any atom is 0.271 e. The maximum absolute atomic E-state index is 12.4. The first-order valence-electron chi connectivity index (χ1n) is 8.78. The highest BCUT2D eigenvalue weighted by atomic mass is 32.1. The summed E-state index contributed by atoms with van der Waals surface area (Å²) in [6.45, 7) is 2.17. The van der Waals surface area contributed by atoms with Crippen LogP contribution in [-0.4, -0.2) is 29.9 Å². The summed E-state index contributed by atoms with van der Waals surface area (Å²) < 4.78 is 5.08. The van der Waals surface area contributed by atoms with Gasteiger partial charge in [0.2, 0.25) is 0 Å². The Hall–Kier alpha value is -2.41. The van der Waals surface area contributed by atoms with Gasteiger partial charge in [0.05, 0.1) is 7.11 Å². The van der Waals surface area contributed by atoms with Crippen molar-refractivity contribution in [2.75, 3.05) is 12.4 Å². The Balaban J connectivity index is 1.59. The SMILES string of the molecule is COc1ccc(C(=O)Nc2nc(C(=O)NC3CCCCC3C)cs2)cc1. The lowest BCUT2D eigenvalue weighted by atomic mass is 9.86. The normalized spacial score (nSPS) is 19.6. The number of aromatic nitrogens is 1. The highest BCUT2D eigenvalue weighted by Gasteiger charge is 2.24. The van der Waals surface area contributed by atoms with Crippen LogP contribution in [0.2, 0.25) is 0 Å². The van der Waals surface area contributed by atoms with Crippen LogP contribution in [0.4, 0.5) is 5.13 Å². The molecule has 1 aliphatic rings. The van der Waals surface area contributed by atoms with E-state index < -0.39 is 0 Å². The number of nitrogens with one attached hydrogen (secondary N) is 2. The average molecular weight is 373 g/mol. The Morgan fingerprint density at radius 3 is 2.58 bits per heavy atom. The second-order valence-electron chi connectivity index (χ2n) is 6.56. The molecule has 3 rings (SSSR count). The van der Waals surface area contributed by atoms with Gasteiger partial charge in [-0.1, -0.05) is 19.8 Å². The highest BCUT2D eigenvalue weighted by molar-refractivity contribution is 7.14. The zero-order valence-corrected chi connectivity index (χ0v) is 15.8. The number of carbonyl (C=O) groups excluding carboxylic acids is 2. The van der Waals surface area contributed by atoms with Crippen molar-refractivity contribution in [3.8, 4) is 5.75 Å². The number of hydrogen-bond acceptors (Lipinski definition) is 5. The summed E-state index contributed by atoms with van der Waals surface area (Å²) in [6, 6.07) is 7.01. The third kappa shape index (κ3) is 4.40. The standard InChI is InChI=1S/C19H23N3O3S/c1-12-5-3-4-6-15(12)20-18(24)16-11-26-19(21-16)22-17(23)13-7-9-14(25-2)10-8-13/h7-12,15H,3-6H2,1-2H3,(H,20,24)(H,21,22,23). The molecule has 0 radical (unpaired) electrons. The van der Waals surface area contributed by atoms with Gasteiger partial charge in [0, 0.05) is 17.0 Å². The maximum atomic E-state index is 12.4. The number of methoxy groups -OCH3 is 1. The van der Waals surface area contributed by atoms with Gasteiger partial charge in [0.1, 0.15) is 11.4 Å². The summed E-state index contributed by atoms with van der Waals surface area (Å²) in [5.74, 6) is 0.729. The molecule has 138 valence electrons. The number of anilines is 1. The Morgan fingerprint density at radius 2 is 1.88 bits per heavy atom. The molecule has 0 aliphatic heterocycles. The van der Waals surface area contributed by atoms with E-state index in [0.717, 1.165) is 19.3 Å². The molecule has 6 nitrogen and oxygen atoms in total. The van der Waals surface area contributed by atoms with Crippen LogP contribution >= 0.6 is 11.3 Å². The smallest absolute Gasteiger partial charge is 0.271 e. The average Bonchev–Trinajstić information content (AvgIpc) is 3.12. The van der Waals surface area contributed by atoms with Gasteiger partial charge in [0.25, 0.3) is 11.8 Å². The Kier molecular flexibility index (Phi) is 5.88. The monoisotopic (exact) mass is 373 g/mol. The number of hydrogen-bond donors (Lipinski definition) is 2. The van der Waals surface area contributed by atoms with Crippen LogP contribution in [0.5, 0.6) is 5.75 Å². The van der Waals surface area contributed by atoms with E-state index in [4.69, 9.17) is 4.74 Å². The molecule has 0 bridgehead atoms. The van der Waals surface area contributed by atoms with E-state index in [1.165, 1.54) is 17.8 Å². The van der Waals surface area contributed by atoms with Gasteiger partial charge < -0.3 is 10.1 Å².